The Hall–Kier alpha value is -1.57. The molecule has 1 aliphatic carbocycles. The molecule has 0 aromatic heterocycles. The van der Waals surface area contributed by atoms with Crippen molar-refractivity contribution in [2.24, 2.45) is 11.8 Å². The molecule has 1 fully saturated rings. The van der Waals surface area contributed by atoms with E-state index in [2.05, 4.69) is 13.2 Å². The lowest BCUT2D eigenvalue weighted by Gasteiger charge is -2.10. The predicted octanol–water partition coefficient (Wildman–Crippen LogP) is 3.34. The first-order valence-corrected chi connectivity index (χ1v) is 5.42. The van der Waals surface area contributed by atoms with E-state index in [9.17, 15) is 9.90 Å². The van der Waals surface area contributed by atoms with Gasteiger partial charge in [-0.2, -0.15) is 0 Å². The van der Waals surface area contributed by atoms with E-state index in [1.54, 1.807) is 6.08 Å². The molecule has 1 rings (SSSR count). The molecule has 0 aromatic rings. The van der Waals surface area contributed by atoms with E-state index in [0.717, 1.165) is 23.1 Å². The molecule has 2 heteroatoms. The fraction of sp³-hybridized carbons (Fsp3) is 0.357. The minimum absolute atomic E-state index is 0.146. The number of carbonyl (C=O) groups is 1. The molecule has 2 unspecified atom stereocenters. The van der Waals surface area contributed by atoms with Crippen LogP contribution in [0.2, 0.25) is 0 Å². The van der Waals surface area contributed by atoms with Crippen molar-refractivity contribution >= 4 is 5.97 Å². The van der Waals surface area contributed by atoms with Crippen molar-refractivity contribution in [2.45, 2.75) is 20.3 Å². The summed E-state index contributed by atoms with van der Waals surface area (Å²) in [6, 6.07) is 0. The summed E-state index contributed by atoms with van der Waals surface area (Å²) in [4.78, 5) is 11.2. The molecule has 0 radical (unpaired) electrons. The summed E-state index contributed by atoms with van der Waals surface area (Å²) in [6.07, 6.45) is 6.30. The highest BCUT2D eigenvalue weighted by molar-refractivity contribution is 5.77. The van der Waals surface area contributed by atoms with Crippen molar-refractivity contribution in [3.63, 3.8) is 0 Å². The van der Waals surface area contributed by atoms with Crippen molar-refractivity contribution in [1.82, 2.24) is 0 Å². The van der Waals surface area contributed by atoms with Gasteiger partial charge in [0.1, 0.15) is 0 Å². The predicted molar refractivity (Wildman–Crippen MR) is 66.1 cm³/mol. The summed E-state index contributed by atoms with van der Waals surface area (Å²) in [6.45, 7) is 11.3. The second-order valence-corrected chi connectivity index (χ2v) is 4.19. The van der Waals surface area contributed by atoms with Crippen molar-refractivity contribution < 1.29 is 9.90 Å². The molecule has 1 aliphatic rings. The van der Waals surface area contributed by atoms with Gasteiger partial charge in [-0.05, 0) is 36.0 Å². The van der Waals surface area contributed by atoms with Gasteiger partial charge in [0.05, 0.1) is 5.92 Å². The van der Waals surface area contributed by atoms with E-state index in [1.807, 2.05) is 26.0 Å². The van der Waals surface area contributed by atoms with Crippen LogP contribution >= 0.6 is 0 Å². The van der Waals surface area contributed by atoms with Gasteiger partial charge in [0.2, 0.25) is 0 Å². The lowest BCUT2D eigenvalue weighted by atomic mass is 9.94. The molecule has 0 spiro atoms. The second-order valence-electron chi connectivity index (χ2n) is 4.19. The van der Waals surface area contributed by atoms with Crippen LogP contribution in [0, 0.1) is 11.8 Å². The van der Waals surface area contributed by atoms with E-state index in [-0.39, 0.29) is 11.8 Å². The van der Waals surface area contributed by atoms with Gasteiger partial charge in [0.25, 0.3) is 0 Å². The molecule has 0 saturated heterocycles. The Morgan fingerprint density at radius 1 is 1.56 bits per heavy atom. The van der Waals surface area contributed by atoms with Gasteiger partial charge < -0.3 is 5.11 Å². The Morgan fingerprint density at radius 3 is 2.62 bits per heavy atom. The number of allylic oxidation sites excluding steroid dienone is 5. The number of hydrogen-bond acceptors (Lipinski definition) is 1. The summed E-state index contributed by atoms with van der Waals surface area (Å²) in [5, 5.41) is 9.18. The maximum absolute atomic E-state index is 11.2. The van der Waals surface area contributed by atoms with Crippen LogP contribution in [0.5, 0.6) is 0 Å². The standard InChI is InChI=1S/C14H18O2/c1-5-9(3)7-11-8-10(4)13(14(15)16)12(11)6-2/h5-7,10,13H,1,3,8H2,2,4H3,(H,15,16)/b11-7-,12-6+. The van der Waals surface area contributed by atoms with Crippen LogP contribution in [0.3, 0.4) is 0 Å². The Morgan fingerprint density at radius 2 is 2.19 bits per heavy atom. The number of aliphatic carboxylic acids is 1. The zero-order chi connectivity index (χ0) is 12.3. The molecule has 1 N–H and O–H groups in total. The third kappa shape index (κ3) is 2.32. The average Bonchev–Trinajstić information content (AvgIpc) is 2.53. The van der Waals surface area contributed by atoms with E-state index >= 15 is 0 Å². The third-order valence-corrected chi connectivity index (χ3v) is 3.02. The van der Waals surface area contributed by atoms with E-state index in [0.29, 0.717) is 0 Å². The molecule has 0 bridgehead atoms. The van der Waals surface area contributed by atoms with Crippen molar-refractivity contribution in [3.05, 3.63) is 48.1 Å². The third-order valence-electron chi connectivity index (χ3n) is 3.02. The topological polar surface area (TPSA) is 37.3 Å². The monoisotopic (exact) mass is 218 g/mol. The largest absolute Gasteiger partial charge is 0.481 e. The van der Waals surface area contributed by atoms with Gasteiger partial charge in [-0.3, -0.25) is 4.79 Å². The first-order chi connectivity index (χ1) is 7.51. The molecular weight excluding hydrogens is 200 g/mol. The zero-order valence-corrected chi connectivity index (χ0v) is 9.86. The molecule has 0 amide bonds. The number of carboxylic acid groups (broad SMARTS) is 1. The van der Waals surface area contributed by atoms with Gasteiger partial charge in [-0.15, -0.1) is 0 Å². The van der Waals surface area contributed by atoms with Crippen LogP contribution in [0.1, 0.15) is 20.3 Å². The molecule has 0 heterocycles. The quantitative estimate of drug-likeness (QED) is 0.738. The summed E-state index contributed by atoms with van der Waals surface area (Å²) in [5.41, 5.74) is 2.82. The fourth-order valence-corrected chi connectivity index (χ4v) is 2.26. The lowest BCUT2D eigenvalue weighted by Crippen LogP contribution is -2.17. The minimum atomic E-state index is -0.742. The summed E-state index contributed by atoms with van der Waals surface area (Å²) in [7, 11) is 0. The maximum Gasteiger partial charge on any atom is 0.311 e. The Bertz CT molecular complexity index is 386. The summed E-state index contributed by atoms with van der Waals surface area (Å²) < 4.78 is 0. The van der Waals surface area contributed by atoms with Crippen LogP contribution in [0.25, 0.3) is 0 Å². The minimum Gasteiger partial charge on any atom is -0.481 e. The van der Waals surface area contributed by atoms with Crippen molar-refractivity contribution in [3.8, 4) is 0 Å². The number of rotatable bonds is 3. The summed E-state index contributed by atoms with van der Waals surface area (Å²) >= 11 is 0. The Balaban J connectivity index is 3.09. The van der Waals surface area contributed by atoms with E-state index in [4.69, 9.17) is 0 Å². The first-order valence-electron chi connectivity index (χ1n) is 5.42. The van der Waals surface area contributed by atoms with Gasteiger partial charge in [-0.25, -0.2) is 0 Å². The van der Waals surface area contributed by atoms with E-state index in [1.165, 1.54) is 0 Å². The van der Waals surface area contributed by atoms with E-state index < -0.39 is 5.97 Å². The maximum atomic E-state index is 11.2. The Labute approximate surface area is 96.7 Å². The molecule has 2 atom stereocenters. The SMILES string of the molecule is C=CC(=C)/C=C1/CC(C)C(C(=O)O)/C1=C/C. The first kappa shape index (κ1) is 12.5. The van der Waals surface area contributed by atoms with Crippen LogP contribution < -0.4 is 0 Å². The van der Waals surface area contributed by atoms with Crippen LogP contribution in [0.15, 0.2) is 48.1 Å². The van der Waals surface area contributed by atoms with Crippen molar-refractivity contribution in [1.29, 1.82) is 0 Å². The van der Waals surface area contributed by atoms with Gasteiger partial charge >= 0.3 is 5.97 Å². The zero-order valence-electron chi connectivity index (χ0n) is 9.86. The molecule has 86 valence electrons. The molecule has 0 aliphatic heterocycles. The normalized spacial score (nSPS) is 29.6. The summed E-state index contributed by atoms with van der Waals surface area (Å²) in [5.74, 6) is -0.977. The van der Waals surface area contributed by atoms with Crippen LogP contribution in [0.4, 0.5) is 0 Å². The van der Waals surface area contributed by atoms with Gasteiger partial charge in [0, 0.05) is 0 Å². The number of hydrogen-bond donors (Lipinski definition) is 1. The average molecular weight is 218 g/mol. The molecule has 1 saturated carbocycles. The van der Waals surface area contributed by atoms with Crippen molar-refractivity contribution in [2.75, 3.05) is 0 Å². The highest BCUT2D eigenvalue weighted by Gasteiger charge is 2.36. The van der Waals surface area contributed by atoms with Crippen LogP contribution in [-0.2, 0) is 4.79 Å². The lowest BCUT2D eigenvalue weighted by molar-refractivity contribution is -0.141. The van der Waals surface area contributed by atoms with Gasteiger partial charge in [0.15, 0.2) is 0 Å². The van der Waals surface area contributed by atoms with Crippen LogP contribution in [-0.4, -0.2) is 11.1 Å². The smallest absolute Gasteiger partial charge is 0.311 e. The fourth-order valence-electron chi connectivity index (χ4n) is 2.26. The molecule has 2 nitrogen and oxygen atoms in total. The van der Waals surface area contributed by atoms with Gasteiger partial charge in [-0.1, -0.05) is 38.3 Å². The molecule has 16 heavy (non-hydrogen) atoms. The molecular formula is C14H18O2. The highest BCUT2D eigenvalue weighted by atomic mass is 16.4. The number of carboxylic acids is 1. The Kier molecular flexibility index (Phi) is 3.88. The highest BCUT2D eigenvalue weighted by Crippen LogP contribution is 2.41. The molecule has 0 aromatic carbocycles. The second kappa shape index (κ2) is 4.97.